The van der Waals surface area contributed by atoms with Gasteiger partial charge in [0.1, 0.15) is 0 Å². The van der Waals surface area contributed by atoms with Gasteiger partial charge in [-0.25, -0.2) is 14.3 Å². The molecule has 1 aliphatic rings. The van der Waals surface area contributed by atoms with Crippen LogP contribution in [-0.4, -0.2) is 65.2 Å². The molecule has 166 valence electrons. The van der Waals surface area contributed by atoms with E-state index < -0.39 is 0 Å². The van der Waals surface area contributed by atoms with Crippen LogP contribution in [0, 0.1) is 0 Å². The van der Waals surface area contributed by atoms with Crippen molar-refractivity contribution in [2.75, 3.05) is 20.1 Å². The summed E-state index contributed by atoms with van der Waals surface area (Å²) >= 11 is 0. The summed E-state index contributed by atoms with van der Waals surface area (Å²) in [4.78, 5) is 18.4. The number of hydrogen-bond donors (Lipinski definition) is 1. The predicted molar refractivity (Wildman–Crippen MR) is 120 cm³/mol. The summed E-state index contributed by atoms with van der Waals surface area (Å²) in [6.45, 7) is 5.65. The summed E-state index contributed by atoms with van der Waals surface area (Å²) < 4.78 is 5.79. The molecule has 0 atom stereocenters. The lowest BCUT2D eigenvalue weighted by atomic mass is 10.1. The Kier molecular flexibility index (Phi) is 5.12. The Labute approximate surface area is 185 Å². The van der Waals surface area contributed by atoms with Gasteiger partial charge in [-0.05, 0) is 18.9 Å². The number of carbonyl (C=O) groups excluding carboxylic acids is 1. The summed E-state index contributed by atoms with van der Waals surface area (Å²) in [5.41, 5.74) is 4.45. The first-order valence-corrected chi connectivity index (χ1v) is 11.0. The van der Waals surface area contributed by atoms with Crippen LogP contribution in [0.5, 0.6) is 0 Å². The van der Waals surface area contributed by atoms with Crippen LogP contribution in [0.1, 0.15) is 38.8 Å². The smallest absolute Gasteiger partial charge is 0.317 e. The van der Waals surface area contributed by atoms with Crippen molar-refractivity contribution in [3.63, 3.8) is 0 Å². The van der Waals surface area contributed by atoms with Gasteiger partial charge < -0.3 is 10.2 Å². The fourth-order valence-corrected chi connectivity index (χ4v) is 4.22. The Morgan fingerprint density at radius 3 is 2.62 bits per heavy atom. The number of amides is 2. The van der Waals surface area contributed by atoms with Gasteiger partial charge in [0.15, 0.2) is 0 Å². The van der Waals surface area contributed by atoms with Crippen molar-refractivity contribution < 1.29 is 4.79 Å². The van der Waals surface area contributed by atoms with E-state index in [2.05, 4.69) is 40.7 Å². The summed E-state index contributed by atoms with van der Waals surface area (Å²) in [6, 6.07) is 2.46. The number of urea groups is 1. The van der Waals surface area contributed by atoms with Gasteiger partial charge in [0.05, 0.1) is 53.8 Å². The van der Waals surface area contributed by atoms with Crippen molar-refractivity contribution in [3.05, 3.63) is 43.2 Å². The molecule has 1 aliphatic heterocycles. The third-order valence-electron chi connectivity index (χ3n) is 6.22. The molecule has 0 aromatic carbocycles. The van der Waals surface area contributed by atoms with Crippen LogP contribution in [0.2, 0.25) is 0 Å². The second-order valence-corrected chi connectivity index (χ2v) is 8.14. The maximum Gasteiger partial charge on any atom is 0.317 e. The summed E-state index contributed by atoms with van der Waals surface area (Å²) in [7, 11) is 1.64. The standard InChI is InChI=1S/C22H27N9O/c1-4-17(5-2)29-11-16(9-26-29)21-20-6-7-24-31(20)14-19(27-21)15-8-25-30(10-15)18-12-28(13-18)22(32)23-3/h6-11,14,17-18H,4-5,12-13H2,1-3H3,(H,23,32). The largest absolute Gasteiger partial charge is 0.341 e. The molecule has 10 nitrogen and oxygen atoms in total. The Morgan fingerprint density at radius 2 is 1.88 bits per heavy atom. The molecule has 5 rings (SSSR count). The number of nitrogens with one attached hydrogen (secondary N) is 1. The van der Waals surface area contributed by atoms with Gasteiger partial charge in [0, 0.05) is 43.7 Å². The van der Waals surface area contributed by atoms with Gasteiger partial charge in [-0.2, -0.15) is 15.3 Å². The predicted octanol–water partition coefficient (Wildman–Crippen LogP) is 3.01. The first-order valence-electron chi connectivity index (χ1n) is 11.0. The first-order chi connectivity index (χ1) is 15.6. The molecule has 0 unspecified atom stereocenters. The van der Waals surface area contributed by atoms with Crippen molar-refractivity contribution in [2.45, 2.75) is 38.8 Å². The van der Waals surface area contributed by atoms with Crippen LogP contribution in [0.4, 0.5) is 4.79 Å². The maximum atomic E-state index is 11.7. The van der Waals surface area contributed by atoms with Crippen LogP contribution in [0.15, 0.2) is 43.2 Å². The van der Waals surface area contributed by atoms with E-state index in [0.717, 1.165) is 40.9 Å². The number of nitrogens with zero attached hydrogens (tertiary/aromatic N) is 8. The van der Waals surface area contributed by atoms with Crippen molar-refractivity contribution in [1.29, 1.82) is 0 Å². The first kappa shape index (κ1) is 20.2. The lowest BCUT2D eigenvalue weighted by Gasteiger charge is -2.38. The van der Waals surface area contributed by atoms with Crippen LogP contribution < -0.4 is 5.32 Å². The molecule has 32 heavy (non-hydrogen) atoms. The van der Waals surface area contributed by atoms with E-state index in [4.69, 9.17) is 4.98 Å². The Balaban J connectivity index is 1.46. The van der Waals surface area contributed by atoms with Crippen LogP contribution >= 0.6 is 0 Å². The molecule has 4 aromatic rings. The van der Waals surface area contributed by atoms with E-state index in [1.54, 1.807) is 18.1 Å². The lowest BCUT2D eigenvalue weighted by molar-refractivity contribution is 0.120. The van der Waals surface area contributed by atoms with E-state index in [1.165, 1.54) is 0 Å². The highest BCUT2D eigenvalue weighted by Crippen LogP contribution is 2.29. The Morgan fingerprint density at radius 1 is 1.09 bits per heavy atom. The van der Waals surface area contributed by atoms with E-state index in [0.29, 0.717) is 19.1 Å². The van der Waals surface area contributed by atoms with Crippen LogP contribution in [-0.2, 0) is 0 Å². The molecular formula is C22H27N9O. The third-order valence-corrected chi connectivity index (χ3v) is 6.22. The maximum absolute atomic E-state index is 11.7. The van der Waals surface area contributed by atoms with Crippen molar-refractivity contribution in [1.82, 2.24) is 44.4 Å². The molecule has 0 radical (unpaired) electrons. The lowest BCUT2D eigenvalue weighted by Crippen LogP contribution is -2.53. The van der Waals surface area contributed by atoms with Crippen molar-refractivity contribution in [3.8, 4) is 22.5 Å². The molecule has 0 saturated carbocycles. The second-order valence-electron chi connectivity index (χ2n) is 8.14. The number of likely N-dealkylation sites (tertiary alicyclic amines) is 1. The molecule has 10 heteroatoms. The summed E-state index contributed by atoms with van der Waals surface area (Å²) in [5.74, 6) is 0. The second kappa shape index (κ2) is 8.10. The van der Waals surface area contributed by atoms with Crippen molar-refractivity contribution in [2.24, 2.45) is 0 Å². The minimum Gasteiger partial charge on any atom is -0.341 e. The number of hydrogen-bond acceptors (Lipinski definition) is 5. The zero-order valence-electron chi connectivity index (χ0n) is 18.5. The molecule has 1 N–H and O–H groups in total. The minimum atomic E-state index is -0.0574. The quantitative estimate of drug-likeness (QED) is 0.504. The average molecular weight is 434 g/mol. The topological polar surface area (TPSA) is 98.2 Å². The zero-order valence-corrected chi connectivity index (χ0v) is 18.5. The Hall–Kier alpha value is -3.69. The van der Waals surface area contributed by atoms with E-state index >= 15 is 0 Å². The summed E-state index contributed by atoms with van der Waals surface area (Å²) in [6.07, 6.45) is 13.5. The SMILES string of the molecule is CCC(CC)n1cc(-c2nc(-c3cnn(C4CN(C(=O)NC)C4)c3)cn3nccc23)cn1. The number of carbonyl (C=O) groups is 1. The molecule has 0 spiro atoms. The zero-order chi connectivity index (χ0) is 22.2. The van der Waals surface area contributed by atoms with Crippen LogP contribution in [0.25, 0.3) is 28.0 Å². The normalized spacial score (nSPS) is 14.3. The third kappa shape index (κ3) is 3.41. The monoisotopic (exact) mass is 433 g/mol. The van der Waals surface area contributed by atoms with Crippen LogP contribution in [0.3, 0.4) is 0 Å². The van der Waals surface area contributed by atoms with Crippen molar-refractivity contribution >= 4 is 11.5 Å². The number of rotatable bonds is 6. The van der Waals surface area contributed by atoms with Gasteiger partial charge in [-0.1, -0.05) is 13.8 Å². The molecule has 0 aliphatic carbocycles. The number of aromatic nitrogens is 7. The highest BCUT2D eigenvalue weighted by molar-refractivity contribution is 5.78. The van der Waals surface area contributed by atoms with Gasteiger partial charge in [-0.15, -0.1) is 0 Å². The molecule has 1 saturated heterocycles. The Bertz CT molecular complexity index is 1240. The van der Waals surface area contributed by atoms with Gasteiger partial charge in [0.25, 0.3) is 0 Å². The highest BCUT2D eigenvalue weighted by Gasteiger charge is 2.32. The molecule has 5 heterocycles. The van der Waals surface area contributed by atoms with E-state index in [9.17, 15) is 4.79 Å². The highest BCUT2D eigenvalue weighted by atomic mass is 16.2. The van der Waals surface area contributed by atoms with E-state index in [1.807, 2.05) is 44.7 Å². The fraction of sp³-hybridized carbons (Fsp3) is 0.409. The van der Waals surface area contributed by atoms with E-state index in [-0.39, 0.29) is 12.1 Å². The molecule has 4 aromatic heterocycles. The van der Waals surface area contributed by atoms with Gasteiger partial charge in [-0.3, -0.25) is 9.36 Å². The molecule has 1 fully saturated rings. The van der Waals surface area contributed by atoms with Gasteiger partial charge in [0.2, 0.25) is 0 Å². The fourth-order valence-electron chi connectivity index (χ4n) is 4.22. The molecule has 2 amide bonds. The minimum absolute atomic E-state index is 0.0574. The molecular weight excluding hydrogens is 406 g/mol. The summed E-state index contributed by atoms with van der Waals surface area (Å²) in [5, 5.41) is 16.2. The number of fused-ring (bicyclic) bond motifs is 1. The average Bonchev–Trinajstić information content (AvgIpc) is 3.53. The van der Waals surface area contributed by atoms with Gasteiger partial charge >= 0.3 is 6.03 Å². The molecule has 0 bridgehead atoms.